The summed E-state index contributed by atoms with van der Waals surface area (Å²) in [6, 6.07) is 58.9. The molecule has 49 heavy (non-hydrogen) atoms. The van der Waals surface area contributed by atoms with Gasteiger partial charge in [0.25, 0.3) is 0 Å². The van der Waals surface area contributed by atoms with Crippen LogP contribution >= 0.6 is 0 Å². The highest BCUT2D eigenvalue weighted by atomic mass is 15.2. The second-order valence-corrected chi connectivity index (χ2v) is 12.9. The van der Waals surface area contributed by atoms with Crippen molar-refractivity contribution >= 4 is 86.6 Å². The molecule has 0 N–H and O–H groups in total. The summed E-state index contributed by atoms with van der Waals surface area (Å²) in [6.45, 7) is 0. The molecule has 0 fully saturated rings. The highest BCUT2D eigenvalue weighted by Crippen LogP contribution is 2.44. The number of fused-ring (bicyclic) bond motifs is 14. The van der Waals surface area contributed by atoms with Gasteiger partial charge in [0, 0.05) is 27.1 Å². The molecule has 226 valence electrons. The van der Waals surface area contributed by atoms with Crippen LogP contribution in [0.3, 0.4) is 0 Å². The van der Waals surface area contributed by atoms with Crippen molar-refractivity contribution in [1.29, 1.82) is 0 Å². The van der Waals surface area contributed by atoms with Crippen LogP contribution in [0.15, 0.2) is 164 Å². The Balaban J connectivity index is 1.36. The molecular formula is C46H27N3. The molecule has 0 unspecified atom stereocenters. The first-order valence-corrected chi connectivity index (χ1v) is 16.8. The Labute approximate surface area is 281 Å². The molecular weight excluding hydrogens is 595 g/mol. The lowest BCUT2D eigenvalue weighted by Gasteiger charge is -2.14. The number of rotatable bonds is 2. The fourth-order valence-corrected chi connectivity index (χ4v) is 8.20. The summed E-state index contributed by atoms with van der Waals surface area (Å²) in [6.07, 6.45) is 0. The Kier molecular flexibility index (Phi) is 5.38. The van der Waals surface area contributed by atoms with E-state index in [2.05, 4.69) is 168 Å². The molecule has 2 aromatic heterocycles. The van der Waals surface area contributed by atoms with E-state index in [1.54, 1.807) is 0 Å². The maximum Gasteiger partial charge on any atom is 0.235 e. The van der Waals surface area contributed by atoms with Gasteiger partial charge < -0.3 is 0 Å². The standard InChI is InChI=1S/C46H27N3/c1-2-13-29(14-3-1)45-43-32-17-7-6-12-28(32)22-24-39(43)47-46(48-45)49-40-25-23-37-35-20-9-8-18-33(35)34-19-10-11-21-36(34)42(37)44(40)38-26-30-15-4-5-16-31(30)27-41(38)49/h1-27H. The zero-order valence-electron chi connectivity index (χ0n) is 26.4. The van der Waals surface area contributed by atoms with Crippen molar-refractivity contribution in [1.82, 2.24) is 14.5 Å². The van der Waals surface area contributed by atoms with Crippen molar-refractivity contribution < 1.29 is 0 Å². The van der Waals surface area contributed by atoms with Gasteiger partial charge in [0.1, 0.15) is 0 Å². The minimum absolute atomic E-state index is 0.668. The lowest BCUT2D eigenvalue weighted by molar-refractivity contribution is 1.02. The average Bonchev–Trinajstić information content (AvgIpc) is 3.50. The van der Waals surface area contributed by atoms with Crippen molar-refractivity contribution in [3.63, 3.8) is 0 Å². The number of hydrogen-bond acceptors (Lipinski definition) is 2. The Morgan fingerprint density at radius 3 is 1.69 bits per heavy atom. The summed E-state index contributed by atoms with van der Waals surface area (Å²) in [5.41, 5.74) is 5.12. The molecule has 0 spiro atoms. The summed E-state index contributed by atoms with van der Waals surface area (Å²) in [7, 11) is 0. The molecule has 11 aromatic rings. The van der Waals surface area contributed by atoms with E-state index in [1.165, 1.54) is 59.2 Å². The largest absolute Gasteiger partial charge is 0.278 e. The van der Waals surface area contributed by atoms with Gasteiger partial charge in [-0.2, -0.15) is 0 Å². The van der Waals surface area contributed by atoms with Crippen LogP contribution in [0.1, 0.15) is 0 Å². The van der Waals surface area contributed by atoms with E-state index in [0.717, 1.165) is 38.6 Å². The molecule has 0 aliphatic heterocycles. The van der Waals surface area contributed by atoms with E-state index in [0.29, 0.717) is 5.95 Å². The number of hydrogen-bond donors (Lipinski definition) is 0. The molecule has 2 heterocycles. The molecule has 0 aliphatic rings. The van der Waals surface area contributed by atoms with Gasteiger partial charge in [-0.15, -0.1) is 0 Å². The third kappa shape index (κ3) is 3.73. The summed E-state index contributed by atoms with van der Waals surface area (Å²) >= 11 is 0. The molecule has 0 radical (unpaired) electrons. The van der Waals surface area contributed by atoms with Crippen LogP contribution in [0, 0.1) is 0 Å². The number of benzene rings is 9. The Morgan fingerprint density at radius 1 is 0.347 bits per heavy atom. The van der Waals surface area contributed by atoms with E-state index in [9.17, 15) is 0 Å². The van der Waals surface area contributed by atoms with E-state index in [-0.39, 0.29) is 0 Å². The molecule has 3 nitrogen and oxygen atoms in total. The molecule has 0 amide bonds. The third-order valence-corrected chi connectivity index (χ3v) is 10.3. The molecule has 0 saturated heterocycles. The topological polar surface area (TPSA) is 30.7 Å². The highest BCUT2D eigenvalue weighted by molar-refractivity contribution is 6.35. The van der Waals surface area contributed by atoms with Gasteiger partial charge in [0.2, 0.25) is 5.95 Å². The predicted molar refractivity (Wildman–Crippen MR) is 207 cm³/mol. The smallest absolute Gasteiger partial charge is 0.235 e. The third-order valence-electron chi connectivity index (χ3n) is 10.3. The second-order valence-electron chi connectivity index (χ2n) is 12.9. The van der Waals surface area contributed by atoms with Crippen LogP contribution in [0.4, 0.5) is 0 Å². The van der Waals surface area contributed by atoms with E-state index >= 15 is 0 Å². The summed E-state index contributed by atoms with van der Waals surface area (Å²) < 4.78 is 2.29. The second kappa shape index (κ2) is 9.96. The van der Waals surface area contributed by atoms with Crippen LogP contribution in [0.5, 0.6) is 0 Å². The Hall–Kier alpha value is -6.58. The molecule has 11 rings (SSSR count). The zero-order chi connectivity index (χ0) is 32.1. The normalized spacial score (nSPS) is 12.1. The van der Waals surface area contributed by atoms with Gasteiger partial charge in [-0.25, -0.2) is 9.97 Å². The first-order valence-electron chi connectivity index (χ1n) is 16.8. The number of nitrogens with zero attached hydrogens (tertiary/aromatic N) is 3. The van der Waals surface area contributed by atoms with Crippen LogP contribution in [0.2, 0.25) is 0 Å². The minimum atomic E-state index is 0.668. The Morgan fingerprint density at radius 2 is 0.939 bits per heavy atom. The van der Waals surface area contributed by atoms with Crippen LogP contribution in [-0.2, 0) is 0 Å². The quantitative estimate of drug-likeness (QED) is 0.180. The molecule has 0 atom stereocenters. The van der Waals surface area contributed by atoms with Crippen molar-refractivity contribution in [3.8, 4) is 17.2 Å². The van der Waals surface area contributed by atoms with Gasteiger partial charge in [0.15, 0.2) is 0 Å². The van der Waals surface area contributed by atoms with E-state index in [1.807, 2.05) is 0 Å². The molecule has 3 heteroatoms. The Bertz CT molecular complexity index is 3120. The van der Waals surface area contributed by atoms with Gasteiger partial charge in [-0.05, 0) is 72.7 Å². The van der Waals surface area contributed by atoms with Crippen molar-refractivity contribution in [2.75, 3.05) is 0 Å². The maximum absolute atomic E-state index is 5.49. The highest BCUT2D eigenvalue weighted by Gasteiger charge is 2.22. The minimum Gasteiger partial charge on any atom is -0.278 e. The first kappa shape index (κ1) is 26.5. The zero-order valence-corrected chi connectivity index (χ0v) is 26.4. The first-order chi connectivity index (χ1) is 24.3. The van der Waals surface area contributed by atoms with E-state index in [4.69, 9.17) is 9.97 Å². The molecule has 9 aromatic carbocycles. The van der Waals surface area contributed by atoms with Crippen LogP contribution in [0.25, 0.3) is 104 Å². The summed E-state index contributed by atoms with van der Waals surface area (Å²) in [4.78, 5) is 10.9. The average molecular weight is 622 g/mol. The van der Waals surface area contributed by atoms with Crippen LogP contribution in [-0.4, -0.2) is 14.5 Å². The SMILES string of the molecule is c1ccc(-c2nc(-n3c4cc5ccccc5cc4c4c5c6ccccc6c6ccccc6c5ccc43)nc3ccc4ccccc4c23)cc1. The monoisotopic (exact) mass is 621 g/mol. The van der Waals surface area contributed by atoms with Gasteiger partial charge >= 0.3 is 0 Å². The van der Waals surface area contributed by atoms with Crippen molar-refractivity contribution in [2.24, 2.45) is 0 Å². The summed E-state index contributed by atoms with van der Waals surface area (Å²) in [5, 5.41) is 15.8. The van der Waals surface area contributed by atoms with Gasteiger partial charge in [0.05, 0.1) is 22.2 Å². The molecule has 0 aliphatic carbocycles. The van der Waals surface area contributed by atoms with Crippen molar-refractivity contribution in [3.05, 3.63) is 164 Å². The van der Waals surface area contributed by atoms with Crippen molar-refractivity contribution in [2.45, 2.75) is 0 Å². The maximum atomic E-state index is 5.49. The predicted octanol–water partition coefficient (Wildman–Crippen LogP) is 12.2. The van der Waals surface area contributed by atoms with E-state index < -0.39 is 0 Å². The fourth-order valence-electron chi connectivity index (χ4n) is 8.20. The van der Waals surface area contributed by atoms with Crippen LogP contribution < -0.4 is 0 Å². The van der Waals surface area contributed by atoms with Gasteiger partial charge in [-0.3, -0.25) is 4.57 Å². The van der Waals surface area contributed by atoms with Gasteiger partial charge in [-0.1, -0.05) is 140 Å². The number of aromatic nitrogens is 3. The lowest BCUT2D eigenvalue weighted by Crippen LogP contribution is -2.04. The fraction of sp³-hybridized carbons (Fsp3) is 0. The molecule has 0 bridgehead atoms. The molecule has 0 saturated carbocycles. The summed E-state index contributed by atoms with van der Waals surface area (Å²) in [5.74, 6) is 0.668. The lowest BCUT2D eigenvalue weighted by atomic mass is 9.91.